The van der Waals surface area contributed by atoms with Crippen molar-refractivity contribution in [1.29, 1.82) is 0 Å². The molecule has 1 aromatic rings. The Morgan fingerprint density at radius 2 is 2.05 bits per heavy atom. The van der Waals surface area contributed by atoms with Crippen LogP contribution in [0.25, 0.3) is 0 Å². The lowest BCUT2D eigenvalue weighted by Crippen LogP contribution is -2.48. The standard InChI is InChI=1S/C12H14ClFN2O4/c1-12(20,10(17)18)6-16-11(19)15-5-7-2-3-9(14)8(13)4-7/h2-4,20H,5-6H2,1H3,(H,17,18)(H2,15,16,19). The molecule has 0 saturated carbocycles. The number of urea groups is 1. The minimum Gasteiger partial charge on any atom is -0.479 e. The molecule has 4 N–H and O–H groups in total. The van der Waals surface area contributed by atoms with Crippen LogP contribution in [0.2, 0.25) is 5.02 Å². The summed E-state index contributed by atoms with van der Waals surface area (Å²) < 4.78 is 12.9. The van der Waals surface area contributed by atoms with Crippen LogP contribution in [-0.2, 0) is 11.3 Å². The van der Waals surface area contributed by atoms with Crippen molar-refractivity contribution in [3.8, 4) is 0 Å². The molecule has 6 nitrogen and oxygen atoms in total. The van der Waals surface area contributed by atoms with Gasteiger partial charge in [0, 0.05) is 6.54 Å². The summed E-state index contributed by atoms with van der Waals surface area (Å²) in [5.74, 6) is -2.00. The van der Waals surface area contributed by atoms with E-state index in [1.165, 1.54) is 18.2 Å². The Morgan fingerprint density at radius 3 is 2.60 bits per heavy atom. The Bertz CT molecular complexity index is 522. The summed E-state index contributed by atoms with van der Waals surface area (Å²) in [6.07, 6.45) is 0. The van der Waals surface area contributed by atoms with Crippen LogP contribution in [-0.4, -0.2) is 34.4 Å². The van der Waals surface area contributed by atoms with Crippen molar-refractivity contribution in [3.63, 3.8) is 0 Å². The van der Waals surface area contributed by atoms with Gasteiger partial charge in [0.05, 0.1) is 11.6 Å². The zero-order valence-corrected chi connectivity index (χ0v) is 11.4. The number of carbonyl (C=O) groups excluding carboxylic acids is 1. The van der Waals surface area contributed by atoms with Gasteiger partial charge in [-0.1, -0.05) is 17.7 Å². The van der Waals surface area contributed by atoms with Crippen LogP contribution in [0.4, 0.5) is 9.18 Å². The van der Waals surface area contributed by atoms with Crippen LogP contribution in [0.1, 0.15) is 12.5 Å². The molecule has 110 valence electrons. The lowest BCUT2D eigenvalue weighted by atomic mass is 10.1. The topological polar surface area (TPSA) is 98.7 Å². The minimum absolute atomic E-state index is 0.0569. The fourth-order valence-electron chi connectivity index (χ4n) is 1.22. The van der Waals surface area contributed by atoms with Crippen LogP contribution in [0.5, 0.6) is 0 Å². The van der Waals surface area contributed by atoms with Gasteiger partial charge in [-0.3, -0.25) is 0 Å². The van der Waals surface area contributed by atoms with E-state index in [1.807, 2.05) is 0 Å². The van der Waals surface area contributed by atoms with Gasteiger partial charge in [0.25, 0.3) is 0 Å². The Labute approximate surface area is 119 Å². The molecule has 0 aliphatic heterocycles. The molecule has 0 aromatic heterocycles. The van der Waals surface area contributed by atoms with Gasteiger partial charge in [0.2, 0.25) is 0 Å². The van der Waals surface area contributed by atoms with Crippen molar-refractivity contribution in [2.24, 2.45) is 0 Å². The number of halogens is 2. The molecule has 20 heavy (non-hydrogen) atoms. The van der Waals surface area contributed by atoms with E-state index in [0.29, 0.717) is 5.56 Å². The maximum Gasteiger partial charge on any atom is 0.337 e. The predicted octanol–water partition coefficient (Wildman–Crippen LogP) is 1.11. The van der Waals surface area contributed by atoms with Crippen molar-refractivity contribution in [1.82, 2.24) is 10.6 Å². The van der Waals surface area contributed by atoms with E-state index in [-0.39, 0.29) is 11.6 Å². The van der Waals surface area contributed by atoms with Gasteiger partial charge in [-0.2, -0.15) is 0 Å². The SMILES string of the molecule is CC(O)(CNC(=O)NCc1ccc(F)c(Cl)c1)C(=O)O. The predicted molar refractivity (Wildman–Crippen MR) is 69.9 cm³/mol. The average Bonchev–Trinajstić information content (AvgIpc) is 2.37. The van der Waals surface area contributed by atoms with Crippen molar-refractivity contribution in [3.05, 3.63) is 34.6 Å². The molecule has 0 saturated heterocycles. The van der Waals surface area contributed by atoms with E-state index in [4.69, 9.17) is 16.7 Å². The van der Waals surface area contributed by atoms with Crippen LogP contribution in [0.3, 0.4) is 0 Å². The second-order valence-corrected chi connectivity index (χ2v) is 4.77. The summed E-state index contributed by atoms with van der Waals surface area (Å²) in [4.78, 5) is 22.0. The van der Waals surface area contributed by atoms with E-state index >= 15 is 0 Å². The zero-order chi connectivity index (χ0) is 15.3. The monoisotopic (exact) mass is 304 g/mol. The third-order valence-electron chi connectivity index (χ3n) is 2.49. The highest BCUT2D eigenvalue weighted by Gasteiger charge is 2.30. The number of nitrogens with one attached hydrogen (secondary N) is 2. The van der Waals surface area contributed by atoms with Crippen LogP contribution in [0, 0.1) is 5.82 Å². The van der Waals surface area contributed by atoms with Gasteiger partial charge in [0.15, 0.2) is 5.60 Å². The number of hydrogen-bond acceptors (Lipinski definition) is 3. The van der Waals surface area contributed by atoms with E-state index in [1.54, 1.807) is 0 Å². The summed E-state index contributed by atoms with van der Waals surface area (Å²) in [5, 5.41) is 22.6. The lowest BCUT2D eigenvalue weighted by Gasteiger charge is -2.18. The molecular formula is C12H14ClFN2O4. The maximum atomic E-state index is 12.9. The van der Waals surface area contributed by atoms with Gasteiger partial charge in [-0.05, 0) is 24.6 Å². The van der Waals surface area contributed by atoms with Gasteiger partial charge < -0.3 is 20.8 Å². The fourth-order valence-corrected chi connectivity index (χ4v) is 1.43. The van der Waals surface area contributed by atoms with Crippen molar-refractivity contribution < 1.29 is 24.2 Å². The molecule has 8 heteroatoms. The van der Waals surface area contributed by atoms with E-state index < -0.39 is 30.0 Å². The Morgan fingerprint density at radius 1 is 1.40 bits per heavy atom. The first-order valence-electron chi connectivity index (χ1n) is 5.64. The molecular weight excluding hydrogens is 291 g/mol. The van der Waals surface area contributed by atoms with E-state index in [0.717, 1.165) is 6.92 Å². The molecule has 1 unspecified atom stereocenters. The number of carboxylic acids is 1. The first-order chi connectivity index (χ1) is 9.22. The first-order valence-corrected chi connectivity index (χ1v) is 6.01. The normalized spacial score (nSPS) is 13.4. The molecule has 0 fully saturated rings. The van der Waals surface area contributed by atoms with Crippen molar-refractivity contribution in [2.75, 3.05) is 6.54 Å². The third kappa shape index (κ3) is 4.67. The van der Waals surface area contributed by atoms with Crippen LogP contribution < -0.4 is 10.6 Å². The number of aliphatic hydroxyl groups is 1. The second-order valence-electron chi connectivity index (χ2n) is 4.36. The summed E-state index contributed by atoms with van der Waals surface area (Å²) in [7, 11) is 0. The van der Waals surface area contributed by atoms with E-state index in [2.05, 4.69) is 10.6 Å². The van der Waals surface area contributed by atoms with E-state index in [9.17, 15) is 19.1 Å². The Balaban J connectivity index is 2.44. The molecule has 1 atom stereocenters. The molecule has 0 aliphatic carbocycles. The molecule has 0 aliphatic rings. The summed E-state index contributed by atoms with van der Waals surface area (Å²) in [6.45, 7) is 0.703. The summed E-state index contributed by atoms with van der Waals surface area (Å²) in [6, 6.07) is 3.33. The number of amides is 2. The number of hydrogen-bond donors (Lipinski definition) is 4. The summed E-state index contributed by atoms with van der Waals surface area (Å²) in [5.41, 5.74) is -1.46. The third-order valence-corrected chi connectivity index (χ3v) is 2.78. The number of benzene rings is 1. The fraction of sp³-hybridized carbons (Fsp3) is 0.333. The molecule has 0 spiro atoms. The highest BCUT2D eigenvalue weighted by atomic mass is 35.5. The quantitative estimate of drug-likeness (QED) is 0.655. The molecule has 2 amide bonds. The van der Waals surface area contributed by atoms with Crippen LogP contribution >= 0.6 is 11.6 Å². The van der Waals surface area contributed by atoms with Gasteiger partial charge in [-0.25, -0.2) is 14.0 Å². The molecule has 1 aromatic carbocycles. The largest absolute Gasteiger partial charge is 0.479 e. The molecule has 1 rings (SSSR count). The molecule has 0 bridgehead atoms. The lowest BCUT2D eigenvalue weighted by molar-refractivity contribution is -0.155. The average molecular weight is 305 g/mol. The Kier molecular flexibility index (Phi) is 5.29. The number of carboxylic acid groups (broad SMARTS) is 1. The highest BCUT2D eigenvalue weighted by Crippen LogP contribution is 2.15. The molecule has 0 heterocycles. The van der Waals surface area contributed by atoms with Gasteiger partial charge >= 0.3 is 12.0 Å². The number of carbonyl (C=O) groups is 2. The minimum atomic E-state index is -2.05. The van der Waals surface area contributed by atoms with Gasteiger partial charge in [-0.15, -0.1) is 0 Å². The summed E-state index contributed by atoms with van der Waals surface area (Å²) >= 11 is 5.58. The zero-order valence-electron chi connectivity index (χ0n) is 10.6. The first kappa shape index (κ1) is 16.2. The number of rotatable bonds is 5. The van der Waals surface area contributed by atoms with Crippen molar-refractivity contribution >= 4 is 23.6 Å². The Hall–Kier alpha value is -1.86. The van der Waals surface area contributed by atoms with Gasteiger partial charge in [0.1, 0.15) is 5.82 Å². The second kappa shape index (κ2) is 6.53. The maximum absolute atomic E-state index is 12.9. The van der Waals surface area contributed by atoms with Crippen molar-refractivity contribution in [2.45, 2.75) is 19.1 Å². The molecule has 0 radical (unpaired) electrons. The van der Waals surface area contributed by atoms with Crippen LogP contribution in [0.15, 0.2) is 18.2 Å². The highest BCUT2D eigenvalue weighted by molar-refractivity contribution is 6.30. The number of aliphatic carboxylic acids is 1. The smallest absolute Gasteiger partial charge is 0.337 e.